The van der Waals surface area contributed by atoms with Crippen LogP contribution in [0.5, 0.6) is 0 Å². The highest BCUT2D eigenvalue weighted by Gasteiger charge is 2.35. The number of benzene rings is 2. The second-order valence-electron chi connectivity index (χ2n) is 6.60. The fourth-order valence-corrected chi connectivity index (χ4v) is 3.94. The minimum Gasteiger partial charge on any atom is -0.368 e. The van der Waals surface area contributed by atoms with Gasteiger partial charge >= 0.3 is 0 Å². The smallest absolute Gasteiger partial charge is 0.273 e. The van der Waals surface area contributed by atoms with Crippen LogP contribution in [0.3, 0.4) is 0 Å². The number of hydrazone groups is 1. The zero-order valence-electron chi connectivity index (χ0n) is 15.5. The predicted octanol–water partition coefficient (Wildman–Crippen LogP) is 2.79. The first-order valence-corrected chi connectivity index (χ1v) is 9.93. The number of hydrogen-bond acceptors (Lipinski definition) is 6. The Balaban J connectivity index is 1.46. The molecule has 8 heteroatoms. The third kappa shape index (κ3) is 4.33. The Morgan fingerprint density at radius 1 is 1.10 bits per heavy atom. The number of nitrogens with one attached hydrogen (secondary N) is 1. The number of aromatic nitrogens is 1. The molecule has 0 spiro atoms. The lowest BCUT2D eigenvalue weighted by Crippen LogP contribution is -2.39. The van der Waals surface area contributed by atoms with Gasteiger partial charge in [-0.3, -0.25) is 19.9 Å². The van der Waals surface area contributed by atoms with Crippen molar-refractivity contribution in [1.29, 1.82) is 0 Å². The van der Waals surface area contributed by atoms with Gasteiger partial charge in [0.05, 0.1) is 5.69 Å². The summed E-state index contributed by atoms with van der Waals surface area (Å²) in [6.07, 6.45) is 2.66. The van der Waals surface area contributed by atoms with Gasteiger partial charge in [-0.1, -0.05) is 48.5 Å². The van der Waals surface area contributed by atoms with Crippen LogP contribution < -0.4 is 16.1 Å². The van der Waals surface area contributed by atoms with Crippen molar-refractivity contribution in [3.05, 3.63) is 77.3 Å². The van der Waals surface area contributed by atoms with Gasteiger partial charge in [0.25, 0.3) is 5.91 Å². The van der Waals surface area contributed by atoms with Crippen molar-refractivity contribution >= 4 is 39.7 Å². The zero-order chi connectivity index (χ0) is 20.2. The quantitative estimate of drug-likeness (QED) is 0.658. The molecule has 2 heterocycles. The average molecular weight is 405 g/mol. The monoisotopic (exact) mass is 405 g/mol. The zero-order valence-corrected chi connectivity index (χ0v) is 16.3. The molecule has 3 N–H and O–H groups in total. The third-order valence-corrected chi connectivity index (χ3v) is 5.43. The number of nitrogens with zero attached hydrogens (tertiary/aromatic N) is 3. The van der Waals surface area contributed by atoms with Crippen LogP contribution in [-0.4, -0.2) is 28.6 Å². The summed E-state index contributed by atoms with van der Waals surface area (Å²) in [4.78, 5) is 29.9. The van der Waals surface area contributed by atoms with Gasteiger partial charge < -0.3 is 5.73 Å². The summed E-state index contributed by atoms with van der Waals surface area (Å²) in [5, 5.41) is 9.12. The molecule has 2 aromatic carbocycles. The Hall–Kier alpha value is -3.52. The maximum atomic E-state index is 12.7. The molecule has 0 radical (unpaired) electrons. The largest absolute Gasteiger partial charge is 0.368 e. The van der Waals surface area contributed by atoms with Gasteiger partial charge in [-0.05, 0) is 17.7 Å². The third-order valence-electron chi connectivity index (χ3n) is 4.52. The van der Waals surface area contributed by atoms with Crippen LogP contribution in [0.1, 0.15) is 16.9 Å². The molecular formula is C21H19N5O2S. The molecule has 1 unspecified atom stereocenters. The van der Waals surface area contributed by atoms with Gasteiger partial charge in [0.2, 0.25) is 5.91 Å². The fraction of sp³-hybridized carbons (Fsp3) is 0.143. The van der Waals surface area contributed by atoms with Crippen LogP contribution >= 0.6 is 11.3 Å². The van der Waals surface area contributed by atoms with Crippen LogP contribution in [0.15, 0.2) is 72.0 Å². The highest BCUT2D eigenvalue weighted by Crippen LogP contribution is 2.26. The van der Waals surface area contributed by atoms with E-state index in [1.54, 1.807) is 6.20 Å². The number of primary amides is 1. The molecule has 1 atom stereocenters. The Morgan fingerprint density at radius 3 is 2.48 bits per heavy atom. The second-order valence-corrected chi connectivity index (χ2v) is 7.71. The number of amides is 2. The van der Waals surface area contributed by atoms with E-state index in [0.717, 1.165) is 11.3 Å². The van der Waals surface area contributed by atoms with Crippen LogP contribution in [0.25, 0.3) is 0 Å². The molecule has 0 saturated heterocycles. The number of nitrogens with two attached hydrogens (primary N) is 1. The summed E-state index contributed by atoms with van der Waals surface area (Å²) in [6.45, 7) is 0. The fourth-order valence-electron chi connectivity index (χ4n) is 3.10. The van der Waals surface area contributed by atoms with E-state index < -0.39 is 11.9 Å². The van der Waals surface area contributed by atoms with Crippen LogP contribution in [0.4, 0.5) is 10.8 Å². The Kier molecular flexibility index (Phi) is 5.35. The van der Waals surface area contributed by atoms with E-state index in [0.29, 0.717) is 10.8 Å². The van der Waals surface area contributed by atoms with Gasteiger partial charge in [0, 0.05) is 23.9 Å². The molecule has 1 aliphatic heterocycles. The number of para-hydroxylation sites is 1. The SMILES string of the molecule is NC(=O)C1CC(C(=O)Nc2ncc(Cc3ccccc3)s2)=NN1c1ccccc1. The number of anilines is 2. The first-order valence-electron chi connectivity index (χ1n) is 9.11. The molecule has 1 aromatic heterocycles. The molecule has 29 heavy (non-hydrogen) atoms. The minimum absolute atomic E-state index is 0.151. The Labute approximate surface area is 171 Å². The summed E-state index contributed by atoms with van der Waals surface area (Å²) in [5.41, 5.74) is 7.65. The van der Waals surface area contributed by atoms with Crippen molar-refractivity contribution in [2.24, 2.45) is 10.8 Å². The molecule has 146 valence electrons. The molecule has 7 nitrogen and oxygen atoms in total. The van der Waals surface area contributed by atoms with E-state index in [4.69, 9.17) is 5.73 Å². The van der Waals surface area contributed by atoms with Crippen molar-refractivity contribution in [2.45, 2.75) is 18.9 Å². The highest BCUT2D eigenvalue weighted by molar-refractivity contribution is 7.15. The predicted molar refractivity (Wildman–Crippen MR) is 114 cm³/mol. The molecule has 2 amide bonds. The summed E-state index contributed by atoms with van der Waals surface area (Å²) in [5.74, 6) is -0.907. The van der Waals surface area contributed by atoms with Crippen LogP contribution in [0.2, 0.25) is 0 Å². The van der Waals surface area contributed by atoms with Crippen molar-refractivity contribution in [2.75, 3.05) is 10.3 Å². The van der Waals surface area contributed by atoms with E-state index in [9.17, 15) is 9.59 Å². The van der Waals surface area contributed by atoms with Crippen molar-refractivity contribution in [3.8, 4) is 0 Å². The van der Waals surface area contributed by atoms with E-state index >= 15 is 0 Å². The minimum atomic E-state index is -0.692. The summed E-state index contributed by atoms with van der Waals surface area (Å²) >= 11 is 1.42. The molecule has 0 saturated carbocycles. The molecule has 4 rings (SSSR count). The Bertz CT molecular complexity index is 1050. The molecule has 1 aliphatic rings. The molecule has 3 aromatic rings. The van der Waals surface area contributed by atoms with Gasteiger partial charge in [0.1, 0.15) is 11.8 Å². The number of carbonyl (C=O) groups is 2. The van der Waals surface area contributed by atoms with Gasteiger partial charge in [-0.15, -0.1) is 11.3 Å². The number of hydrogen-bond donors (Lipinski definition) is 2. The highest BCUT2D eigenvalue weighted by atomic mass is 32.1. The maximum Gasteiger partial charge on any atom is 0.273 e. The van der Waals surface area contributed by atoms with Crippen molar-refractivity contribution in [1.82, 2.24) is 4.98 Å². The topological polar surface area (TPSA) is 101 Å². The lowest BCUT2D eigenvalue weighted by molar-refractivity contribution is -0.119. The number of carbonyl (C=O) groups excluding carboxylic acids is 2. The van der Waals surface area contributed by atoms with E-state index in [-0.39, 0.29) is 18.0 Å². The summed E-state index contributed by atoms with van der Waals surface area (Å²) in [6, 6.07) is 18.5. The molecule has 0 fully saturated rings. The molecular weight excluding hydrogens is 386 g/mol. The van der Waals surface area contributed by atoms with Crippen LogP contribution in [-0.2, 0) is 16.0 Å². The molecule has 0 aliphatic carbocycles. The van der Waals surface area contributed by atoms with Crippen molar-refractivity contribution in [3.63, 3.8) is 0 Å². The number of rotatable bonds is 6. The van der Waals surface area contributed by atoms with E-state index in [1.165, 1.54) is 21.9 Å². The number of thiazole rings is 1. The Morgan fingerprint density at radius 2 is 1.79 bits per heavy atom. The summed E-state index contributed by atoms with van der Waals surface area (Å²) in [7, 11) is 0. The lowest BCUT2D eigenvalue weighted by atomic mass is 10.1. The standard InChI is InChI=1S/C21H19N5O2S/c22-19(27)18-12-17(25-26(18)15-9-5-2-6-10-15)20(28)24-21-23-13-16(29-21)11-14-7-3-1-4-8-14/h1-10,13,18H,11-12H2,(H2,22,27)(H,23,24,28). The first kappa shape index (κ1) is 18.8. The van der Waals surface area contributed by atoms with Gasteiger partial charge in [-0.25, -0.2) is 4.98 Å². The maximum absolute atomic E-state index is 12.7. The van der Waals surface area contributed by atoms with Gasteiger partial charge in [0.15, 0.2) is 5.13 Å². The normalized spacial score (nSPS) is 15.8. The second kappa shape index (κ2) is 8.24. The summed E-state index contributed by atoms with van der Waals surface area (Å²) < 4.78 is 0. The first-order chi connectivity index (χ1) is 14.1. The van der Waals surface area contributed by atoms with E-state index in [2.05, 4.69) is 15.4 Å². The average Bonchev–Trinajstić information content (AvgIpc) is 3.37. The lowest BCUT2D eigenvalue weighted by Gasteiger charge is -2.20. The van der Waals surface area contributed by atoms with E-state index in [1.807, 2.05) is 60.7 Å². The van der Waals surface area contributed by atoms with Gasteiger partial charge in [-0.2, -0.15) is 5.10 Å². The van der Waals surface area contributed by atoms with Crippen LogP contribution in [0, 0.1) is 0 Å². The molecule has 0 bridgehead atoms. The van der Waals surface area contributed by atoms with Crippen molar-refractivity contribution < 1.29 is 9.59 Å².